The van der Waals surface area contributed by atoms with Crippen molar-refractivity contribution >= 4 is 5.97 Å². The van der Waals surface area contributed by atoms with Gasteiger partial charge in [0.05, 0.1) is 0 Å². The summed E-state index contributed by atoms with van der Waals surface area (Å²) in [4.78, 5) is 9.76. The molecule has 0 fully saturated rings. The van der Waals surface area contributed by atoms with Crippen molar-refractivity contribution in [2.45, 2.75) is 25.4 Å². The Balaban J connectivity index is 4.57. The molecule has 0 aromatic rings. The number of carboxylic acid groups (broad SMARTS) is 1. The topological polar surface area (TPSA) is 57.5 Å². The maximum atomic E-state index is 12.2. The zero-order chi connectivity index (χ0) is 8.58. The minimum absolute atomic E-state index is 0.737. The monoisotopic (exact) mass is 154 g/mol. The maximum Gasteiger partial charge on any atom is 0.377 e. The van der Waals surface area contributed by atoms with Gasteiger partial charge in [0.25, 0.3) is 0 Å². The van der Waals surface area contributed by atoms with E-state index in [1.807, 2.05) is 0 Å². The Bertz CT molecular complexity index is 147. The lowest BCUT2D eigenvalue weighted by Crippen LogP contribution is -2.48. The average Bonchev–Trinajstić information content (AvgIpc) is 1.62. The molecule has 0 unspecified atom stereocenters. The standard InChI is InChI=1S/C5H8F2O3/c1-4(2,10)5(6,7)3(8)9/h10H,1-2H3,(H,8,9). The van der Waals surface area contributed by atoms with E-state index in [9.17, 15) is 13.6 Å². The van der Waals surface area contributed by atoms with Crippen LogP contribution in [-0.2, 0) is 4.79 Å². The van der Waals surface area contributed by atoms with Gasteiger partial charge in [0.2, 0.25) is 0 Å². The van der Waals surface area contributed by atoms with Crippen LogP contribution in [0.1, 0.15) is 13.8 Å². The number of carbonyl (C=O) groups is 1. The molecule has 0 amide bonds. The fourth-order valence-electron chi connectivity index (χ4n) is 0.262. The molecule has 2 N–H and O–H groups in total. The summed E-state index contributed by atoms with van der Waals surface area (Å²) < 4.78 is 24.4. The van der Waals surface area contributed by atoms with Gasteiger partial charge in [-0.25, -0.2) is 4.79 Å². The first-order valence-corrected chi connectivity index (χ1v) is 2.53. The van der Waals surface area contributed by atoms with Crippen molar-refractivity contribution in [2.24, 2.45) is 0 Å². The summed E-state index contributed by atoms with van der Waals surface area (Å²) >= 11 is 0. The third kappa shape index (κ3) is 1.41. The van der Waals surface area contributed by atoms with Crippen LogP contribution in [0.4, 0.5) is 8.78 Å². The van der Waals surface area contributed by atoms with Gasteiger partial charge in [-0.3, -0.25) is 0 Å². The average molecular weight is 154 g/mol. The number of aliphatic hydroxyl groups is 1. The molecule has 0 saturated carbocycles. The first kappa shape index (κ1) is 9.29. The van der Waals surface area contributed by atoms with Crippen LogP contribution in [0, 0.1) is 0 Å². The molecule has 0 rings (SSSR count). The molecular weight excluding hydrogens is 146 g/mol. The number of hydrogen-bond acceptors (Lipinski definition) is 2. The summed E-state index contributed by atoms with van der Waals surface area (Å²) in [6.45, 7) is 1.47. The first-order chi connectivity index (χ1) is 4.19. The third-order valence-corrected chi connectivity index (χ3v) is 1.04. The van der Waals surface area contributed by atoms with Crippen LogP contribution in [0.5, 0.6) is 0 Å². The minimum Gasteiger partial charge on any atom is -0.477 e. The third-order valence-electron chi connectivity index (χ3n) is 1.04. The highest BCUT2D eigenvalue weighted by atomic mass is 19.3. The molecule has 10 heavy (non-hydrogen) atoms. The van der Waals surface area contributed by atoms with Crippen molar-refractivity contribution in [3.05, 3.63) is 0 Å². The molecule has 0 heterocycles. The molecule has 0 aliphatic rings. The molecule has 0 aliphatic heterocycles. The summed E-state index contributed by atoms with van der Waals surface area (Å²) in [6, 6.07) is 0. The Morgan fingerprint density at radius 2 is 1.70 bits per heavy atom. The summed E-state index contributed by atoms with van der Waals surface area (Å²) in [5.41, 5.74) is -2.52. The van der Waals surface area contributed by atoms with Crippen LogP contribution in [0.25, 0.3) is 0 Å². The molecule has 0 atom stereocenters. The zero-order valence-corrected chi connectivity index (χ0v) is 5.56. The van der Waals surface area contributed by atoms with Crippen LogP contribution in [-0.4, -0.2) is 27.7 Å². The van der Waals surface area contributed by atoms with Gasteiger partial charge in [-0.1, -0.05) is 0 Å². The highest BCUT2D eigenvalue weighted by Crippen LogP contribution is 2.27. The highest BCUT2D eigenvalue weighted by Gasteiger charge is 2.52. The largest absolute Gasteiger partial charge is 0.477 e. The SMILES string of the molecule is CC(C)(O)C(F)(F)C(=O)O. The van der Waals surface area contributed by atoms with E-state index in [0.717, 1.165) is 13.8 Å². The second-order valence-corrected chi connectivity index (χ2v) is 2.44. The van der Waals surface area contributed by atoms with Crippen LogP contribution in [0.3, 0.4) is 0 Å². The van der Waals surface area contributed by atoms with Crippen molar-refractivity contribution in [1.29, 1.82) is 0 Å². The predicted octanol–water partition coefficient (Wildman–Crippen LogP) is 0.477. The second kappa shape index (κ2) is 2.16. The Morgan fingerprint density at radius 3 is 1.70 bits per heavy atom. The van der Waals surface area contributed by atoms with E-state index in [2.05, 4.69) is 0 Å². The number of rotatable bonds is 2. The van der Waals surface area contributed by atoms with E-state index in [-0.39, 0.29) is 0 Å². The molecule has 3 nitrogen and oxygen atoms in total. The van der Waals surface area contributed by atoms with E-state index in [1.165, 1.54) is 0 Å². The van der Waals surface area contributed by atoms with Crippen molar-refractivity contribution < 1.29 is 23.8 Å². The molecular formula is C5H8F2O3. The van der Waals surface area contributed by atoms with Crippen molar-refractivity contribution in [3.8, 4) is 0 Å². The minimum atomic E-state index is -4.09. The zero-order valence-electron chi connectivity index (χ0n) is 5.56. The molecule has 0 aromatic heterocycles. The summed E-state index contributed by atoms with van der Waals surface area (Å²) in [6.07, 6.45) is 0. The number of carboxylic acids is 1. The van der Waals surface area contributed by atoms with Gasteiger partial charge in [0, 0.05) is 0 Å². The Hall–Kier alpha value is -0.710. The number of alkyl halides is 2. The second-order valence-electron chi connectivity index (χ2n) is 2.44. The van der Waals surface area contributed by atoms with Gasteiger partial charge in [0.1, 0.15) is 5.60 Å². The summed E-state index contributed by atoms with van der Waals surface area (Å²) in [5.74, 6) is -6.41. The van der Waals surface area contributed by atoms with Gasteiger partial charge in [-0.05, 0) is 13.8 Å². The predicted molar refractivity (Wildman–Crippen MR) is 28.9 cm³/mol. The van der Waals surface area contributed by atoms with E-state index < -0.39 is 17.5 Å². The smallest absolute Gasteiger partial charge is 0.377 e. The van der Waals surface area contributed by atoms with Crippen molar-refractivity contribution in [1.82, 2.24) is 0 Å². The molecule has 60 valence electrons. The molecule has 0 saturated heterocycles. The van der Waals surface area contributed by atoms with Gasteiger partial charge in [-0.15, -0.1) is 0 Å². The van der Waals surface area contributed by atoms with Gasteiger partial charge >= 0.3 is 11.9 Å². The lowest BCUT2D eigenvalue weighted by molar-refractivity contribution is -0.199. The van der Waals surface area contributed by atoms with Gasteiger partial charge in [0.15, 0.2) is 0 Å². The summed E-state index contributed by atoms with van der Waals surface area (Å²) in [7, 11) is 0. The molecule has 0 aromatic carbocycles. The number of hydrogen-bond donors (Lipinski definition) is 2. The maximum absolute atomic E-state index is 12.2. The Morgan fingerprint density at radius 1 is 1.40 bits per heavy atom. The van der Waals surface area contributed by atoms with E-state index in [4.69, 9.17) is 10.2 Å². The molecule has 0 aliphatic carbocycles. The Kier molecular flexibility index (Phi) is 2.00. The van der Waals surface area contributed by atoms with E-state index in [0.29, 0.717) is 0 Å². The first-order valence-electron chi connectivity index (χ1n) is 2.53. The van der Waals surface area contributed by atoms with E-state index >= 15 is 0 Å². The molecule has 0 spiro atoms. The van der Waals surface area contributed by atoms with E-state index in [1.54, 1.807) is 0 Å². The number of halogens is 2. The number of aliphatic carboxylic acids is 1. The fourth-order valence-corrected chi connectivity index (χ4v) is 0.262. The van der Waals surface area contributed by atoms with Crippen LogP contribution >= 0.6 is 0 Å². The fraction of sp³-hybridized carbons (Fsp3) is 0.800. The summed E-state index contributed by atoms with van der Waals surface area (Å²) in [5, 5.41) is 16.5. The lowest BCUT2D eigenvalue weighted by atomic mass is 10.0. The lowest BCUT2D eigenvalue weighted by Gasteiger charge is -2.24. The van der Waals surface area contributed by atoms with Crippen molar-refractivity contribution in [2.75, 3.05) is 0 Å². The van der Waals surface area contributed by atoms with Crippen LogP contribution in [0.15, 0.2) is 0 Å². The van der Waals surface area contributed by atoms with Crippen LogP contribution in [0.2, 0.25) is 0 Å². The molecule has 0 bridgehead atoms. The molecule has 5 heteroatoms. The molecule has 0 radical (unpaired) electrons. The quantitative estimate of drug-likeness (QED) is 0.608. The Labute approximate surface area is 56.3 Å². The van der Waals surface area contributed by atoms with Crippen molar-refractivity contribution in [3.63, 3.8) is 0 Å². The highest BCUT2D eigenvalue weighted by molar-refractivity contribution is 5.76. The van der Waals surface area contributed by atoms with Gasteiger partial charge in [-0.2, -0.15) is 8.78 Å². The normalized spacial score (nSPS) is 13.3. The van der Waals surface area contributed by atoms with Gasteiger partial charge < -0.3 is 10.2 Å². The van der Waals surface area contributed by atoms with Crippen LogP contribution < -0.4 is 0 Å².